The van der Waals surface area contributed by atoms with Crippen molar-refractivity contribution in [3.63, 3.8) is 0 Å². The molecule has 1 heterocycles. The number of nitrogens with one attached hydrogen (secondary N) is 1. The molecule has 2 fully saturated rings. The van der Waals surface area contributed by atoms with E-state index in [0.29, 0.717) is 12.5 Å². The van der Waals surface area contributed by atoms with E-state index in [-0.39, 0.29) is 5.92 Å². The molecule has 1 saturated carbocycles. The summed E-state index contributed by atoms with van der Waals surface area (Å²) in [6.45, 7) is 6.67. The lowest BCUT2D eigenvalue weighted by molar-refractivity contribution is -0.132. The second kappa shape index (κ2) is 9.02. The summed E-state index contributed by atoms with van der Waals surface area (Å²) in [5, 5.41) is 3.37. The van der Waals surface area contributed by atoms with Gasteiger partial charge >= 0.3 is 0 Å². The fourth-order valence-corrected chi connectivity index (χ4v) is 3.19. The number of rotatable bonds is 8. The van der Waals surface area contributed by atoms with Gasteiger partial charge in [-0.15, -0.1) is 0 Å². The minimum atomic E-state index is 0.266. The Morgan fingerprint density at radius 2 is 2.08 bits per heavy atom. The van der Waals surface area contributed by atoms with E-state index >= 15 is 0 Å². The van der Waals surface area contributed by atoms with Crippen LogP contribution in [0.3, 0.4) is 0 Å². The molecule has 2 aliphatic rings. The van der Waals surface area contributed by atoms with Crippen LogP contribution in [0.15, 0.2) is 30.3 Å². The highest BCUT2D eigenvalue weighted by Gasteiger charge is 2.33. The molecule has 0 unspecified atom stereocenters. The summed E-state index contributed by atoms with van der Waals surface area (Å²) in [4.78, 5) is 17.0. The monoisotopic (exact) mass is 343 g/mol. The topological polar surface area (TPSA) is 44.8 Å². The van der Waals surface area contributed by atoms with Crippen molar-refractivity contribution in [3.05, 3.63) is 35.9 Å². The minimum absolute atomic E-state index is 0.266. The van der Waals surface area contributed by atoms with Gasteiger partial charge in [0.25, 0.3) is 0 Å². The van der Waals surface area contributed by atoms with E-state index in [1.165, 1.54) is 0 Å². The summed E-state index contributed by atoms with van der Waals surface area (Å²) in [6, 6.07) is 7.95. The number of para-hydroxylation sites is 1. The maximum absolute atomic E-state index is 12.6. The van der Waals surface area contributed by atoms with Gasteiger partial charge in [0.05, 0.1) is 7.11 Å². The predicted molar refractivity (Wildman–Crippen MR) is 101 cm³/mol. The molecule has 3 rings (SSSR count). The molecule has 0 radical (unpaired) electrons. The highest BCUT2D eigenvalue weighted by molar-refractivity contribution is 5.81. The Bertz CT molecular complexity index is 592. The molecule has 1 aliphatic heterocycles. The van der Waals surface area contributed by atoms with Gasteiger partial charge < -0.3 is 15.0 Å². The van der Waals surface area contributed by atoms with E-state index < -0.39 is 0 Å². The lowest BCUT2D eigenvalue weighted by atomic mass is 10.2. The fourth-order valence-electron chi connectivity index (χ4n) is 3.19. The van der Waals surface area contributed by atoms with Crippen LogP contribution in [0.4, 0.5) is 0 Å². The van der Waals surface area contributed by atoms with E-state index in [1.807, 2.05) is 29.2 Å². The zero-order chi connectivity index (χ0) is 17.5. The molecule has 1 saturated heterocycles. The van der Waals surface area contributed by atoms with Gasteiger partial charge in [-0.05, 0) is 18.9 Å². The van der Waals surface area contributed by atoms with Gasteiger partial charge in [-0.2, -0.15) is 0 Å². The zero-order valence-corrected chi connectivity index (χ0v) is 15.1. The number of nitrogens with zero attached hydrogens (tertiary/aromatic N) is 2. The summed E-state index contributed by atoms with van der Waals surface area (Å²) in [7, 11) is 1.68. The molecular weight excluding hydrogens is 314 g/mol. The lowest BCUT2D eigenvalue weighted by Crippen LogP contribution is -2.47. The van der Waals surface area contributed by atoms with Gasteiger partial charge in [-0.1, -0.05) is 30.4 Å². The van der Waals surface area contributed by atoms with Crippen molar-refractivity contribution in [3.8, 4) is 5.75 Å². The van der Waals surface area contributed by atoms with Crippen LogP contribution in [-0.2, 0) is 4.79 Å². The van der Waals surface area contributed by atoms with E-state index in [9.17, 15) is 4.79 Å². The summed E-state index contributed by atoms with van der Waals surface area (Å²) < 4.78 is 5.38. The lowest BCUT2D eigenvalue weighted by Gasteiger charge is -2.30. The van der Waals surface area contributed by atoms with Crippen LogP contribution in [0.2, 0.25) is 0 Å². The molecule has 136 valence electrons. The molecular formula is C20H29N3O2. The zero-order valence-electron chi connectivity index (χ0n) is 15.1. The maximum Gasteiger partial charge on any atom is 0.226 e. The first-order valence-corrected chi connectivity index (χ1v) is 9.29. The van der Waals surface area contributed by atoms with Crippen molar-refractivity contribution in [2.45, 2.75) is 12.8 Å². The fraction of sp³-hybridized carbons (Fsp3) is 0.550. The number of methoxy groups -OCH3 is 1. The predicted octanol–water partition coefficient (Wildman–Crippen LogP) is 1.85. The molecule has 5 heteroatoms. The van der Waals surface area contributed by atoms with Crippen molar-refractivity contribution < 1.29 is 9.53 Å². The van der Waals surface area contributed by atoms with Crippen LogP contribution in [0, 0.1) is 5.92 Å². The first-order valence-electron chi connectivity index (χ1n) is 9.29. The Morgan fingerprint density at radius 1 is 1.32 bits per heavy atom. The molecule has 1 amide bonds. The van der Waals surface area contributed by atoms with Gasteiger partial charge in [0.1, 0.15) is 5.75 Å². The molecule has 1 aromatic carbocycles. The molecule has 0 spiro atoms. The highest BCUT2D eigenvalue weighted by atomic mass is 16.5. The van der Waals surface area contributed by atoms with Crippen LogP contribution in [0.5, 0.6) is 5.75 Å². The molecule has 1 N–H and O–H groups in total. The van der Waals surface area contributed by atoms with Crippen molar-refractivity contribution >= 4 is 12.0 Å². The Morgan fingerprint density at radius 3 is 2.80 bits per heavy atom. The third-order valence-electron chi connectivity index (χ3n) is 4.90. The normalized spacial score (nSPS) is 18.4. The Hall–Kier alpha value is -1.85. The number of benzene rings is 1. The summed E-state index contributed by atoms with van der Waals surface area (Å²) >= 11 is 0. The van der Waals surface area contributed by atoms with Crippen LogP contribution < -0.4 is 10.1 Å². The number of amides is 1. The number of carbonyl (C=O) groups is 1. The van der Waals surface area contributed by atoms with Gasteiger partial charge in [0.15, 0.2) is 0 Å². The third-order valence-corrected chi connectivity index (χ3v) is 4.90. The molecule has 1 aromatic rings. The SMILES string of the molecule is COc1ccccc1/C=C/CN(CCN1CCNCC1)C(=O)C1CC1. The average Bonchev–Trinajstić information content (AvgIpc) is 3.50. The number of piperazine rings is 1. The number of hydrogen-bond acceptors (Lipinski definition) is 4. The summed E-state index contributed by atoms with van der Waals surface area (Å²) in [5.41, 5.74) is 1.05. The second-order valence-corrected chi connectivity index (χ2v) is 6.79. The van der Waals surface area contributed by atoms with Crippen LogP contribution in [0.25, 0.3) is 6.08 Å². The first kappa shape index (κ1) is 18.0. The molecule has 0 bridgehead atoms. The number of carbonyl (C=O) groups excluding carboxylic acids is 1. The smallest absolute Gasteiger partial charge is 0.226 e. The molecule has 25 heavy (non-hydrogen) atoms. The van der Waals surface area contributed by atoms with Crippen molar-refractivity contribution in [2.24, 2.45) is 5.92 Å². The highest BCUT2D eigenvalue weighted by Crippen LogP contribution is 2.31. The van der Waals surface area contributed by atoms with Gasteiger partial charge in [-0.3, -0.25) is 9.69 Å². The van der Waals surface area contributed by atoms with Gasteiger partial charge in [-0.25, -0.2) is 0 Å². The third kappa shape index (κ3) is 5.31. The van der Waals surface area contributed by atoms with E-state index in [0.717, 1.165) is 63.4 Å². The van der Waals surface area contributed by atoms with Crippen molar-refractivity contribution in [2.75, 3.05) is 52.9 Å². The maximum atomic E-state index is 12.6. The average molecular weight is 343 g/mol. The van der Waals surface area contributed by atoms with E-state index in [2.05, 4.69) is 22.4 Å². The number of ether oxygens (including phenoxy) is 1. The van der Waals surface area contributed by atoms with Crippen LogP contribution in [0.1, 0.15) is 18.4 Å². The molecule has 1 aliphatic carbocycles. The Balaban J connectivity index is 1.57. The summed E-state index contributed by atoms with van der Waals surface area (Å²) in [6.07, 6.45) is 6.24. The molecule has 5 nitrogen and oxygen atoms in total. The molecule has 0 atom stereocenters. The van der Waals surface area contributed by atoms with Crippen LogP contribution >= 0.6 is 0 Å². The number of hydrogen-bond donors (Lipinski definition) is 1. The standard InChI is InChI=1S/C20H29N3O2/c1-25-19-7-3-2-5-17(19)6-4-12-23(20(24)18-8-9-18)16-15-22-13-10-21-11-14-22/h2-7,18,21H,8-16H2,1H3/b6-4+. The second-order valence-electron chi connectivity index (χ2n) is 6.79. The van der Waals surface area contributed by atoms with Gasteiger partial charge in [0.2, 0.25) is 5.91 Å². The van der Waals surface area contributed by atoms with E-state index in [1.54, 1.807) is 7.11 Å². The molecule has 0 aromatic heterocycles. The van der Waals surface area contributed by atoms with Crippen molar-refractivity contribution in [1.82, 2.24) is 15.1 Å². The van der Waals surface area contributed by atoms with Gasteiger partial charge in [0, 0.05) is 57.3 Å². The summed E-state index contributed by atoms with van der Waals surface area (Å²) in [5.74, 6) is 1.45. The first-order chi connectivity index (χ1) is 12.3. The van der Waals surface area contributed by atoms with E-state index in [4.69, 9.17) is 4.74 Å². The Kier molecular flexibility index (Phi) is 6.48. The minimum Gasteiger partial charge on any atom is -0.496 e. The Labute approximate surface area is 150 Å². The van der Waals surface area contributed by atoms with Crippen LogP contribution in [-0.4, -0.2) is 68.6 Å². The quantitative estimate of drug-likeness (QED) is 0.782. The van der Waals surface area contributed by atoms with Crippen molar-refractivity contribution in [1.29, 1.82) is 0 Å². The largest absolute Gasteiger partial charge is 0.496 e.